The van der Waals surface area contributed by atoms with Crippen molar-refractivity contribution in [2.45, 2.75) is 6.54 Å². The molecule has 0 aliphatic rings. The quantitative estimate of drug-likeness (QED) is 0.603. The summed E-state index contributed by atoms with van der Waals surface area (Å²) >= 11 is 0. The van der Waals surface area contributed by atoms with Crippen molar-refractivity contribution in [3.63, 3.8) is 0 Å². The Hall–Kier alpha value is -1.09. The minimum absolute atomic E-state index is 0.445. The second kappa shape index (κ2) is 3.93. The largest absolute Gasteiger partial charge is 0.468 e. The van der Waals surface area contributed by atoms with Crippen molar-refractivity contribution >= 4 is 6.29 Å². The summed E-state index contributed by atoms with van der Waals surface area (Å²) in [7, 11) is 1.87. The monoisotopic (exact) mass is 153 g/mol. The van der Waals surface area contributed by atoms with E-state index in [0.717, 1.165) is 12.0 Å². The first-order valence-electron chi connectivity index (χ1n) is 3.47. The molecule has 0 aliphatic heterocycles. The third-order valence-corrected chi connectivity index (χ3v) is 1.39. The van der Waals surface area contributed by atoms with Crippen LogP contribution in [-0.4, -0.2) is 24.8 Å². The molecular weight excluding hydrogens is 142 g/mol. The van der Waals surface area contributed by atoms with E-state index in [1.165, 1.54) is 0 Å². The van der Waals surface area contributed by atoms with Gasteiger partial charge in [-0.2, -0.15) is 0 Å². The Bertz CT molecular complexity index is 206. The first-order chi connectivity index (χ1) is 5.33. The third kappa shape index (κ3) is 2.55. The summed E-state index contributed by atoms with van der Waals surface area (Å²) in [6.07, 6.45) is 2.51. The van der Waals surface area contributed by atoms with Crippen molar-refractivity contribution in [3.05, 3.63) is 24.2 Å². The molecule has 0 amide bonds. The van der Waals surface area contributed by atoms with E-state index >= 15 is 0 Å². The molecule has 1 aromatic rings. The highest BCUT2D eigenvalue weighted by Gasteiger charge is 1.99. The maximum Gasteiger partial charge on any atom is 0.133 e. The molecule has 0 aromatic carbocycles. The van der Waals surface area contributed by atoms with Gasteiger partial charge in [-0.15, -0.1) is 0 Å². The molecule has 0 N–H and O–H groups in total. The average molecular weight is 153 g/mol. The molecule has 3 nitrogen and oxygen atoms in total. The molecule has 0 saturated carbocycles. The Morgan fingerprint density at radius 1 is 1.73 bits per heavy atom. The van der Waals surface area contributed by atoms with Crippen LogP contribution in [0.15, 0.2) is 22.8 Å². The third-order valence-electron chi connectivity index (χ3n) is 1.39. The Kier molecular flexibility index (Phi) is 2.86. The molecule has 1 aromatic heterocycles. The van der Waals surface area contributed by atoms with E-state index in [9.17, 15) is 4.79 Å². The topological polar surface area (TPSA) is 33.5 Å². The molecule has 60 valence electrons. The molecular formula is C8H11NO2. The van der Waals surface area contributed by atoms with Gasteiger partial charge in [0.15, 0.2) is 0 Å². The van der Waals surface area contributed by atoms with Gasteiger partial charge in [0.25, 0.3) is 0 Å². The van der Waals surface area contributed by atoms with Crippen LogP contribution in [0.4, 0.5) is 0 Å². The average Bonchev–Trinajstić information content (AvgIpc) is 2.40. The van der Waals surface area contributed by atoms with Crippen LogP contribution in [0.25, 0.3) is 0 Å². The van der Waals surface area contributed by atoms with E-state index in [0.29, 0.717) is 13.1 Å². The molecule has 0 bridgehead atoms. The van der Waals surface area contributed by atoms with E-state index in [-0.39, 0.29) is 0 Å². The number of nitrogens with zero attached hydrogens (tertiary/aromatic N) is 1. The molecule has 1 rings (SSSR count). The molecule has 0 fully saturated rings. The maximum absolute atomic E-state index is 10.1. The Morgan fingerprint density at radius 2 is 2.55 bits per heavy atom. The van der Waals surface area contributed by atoms with Gasteiger partial charge >= 0.3 is 0 Å². The molecule has 3 heteroatoms. The fourth-order valence-electron chi connectivity index (χ4n) is 0.860. The normalized spacial score (nSPS) is 10.4. The summed E-state index contributed by atoms with van der Waals surface area (Å²) in [5.74, 6) is 0.884. The van der Waals surface area contributed by atoms with Gasteiger partial charge < -0.3 is 9.21 Å². The molecule has 11 heavy (non-hydrogen) atoms. The Labute approximate surface area is 65.6 Å². The Morgan fingerprint density at radius 3 is 3.09 bits per heavy atom. The van der Waals surface area contributed by atoms with Crippen molar-refractivity contribution in [3.8, 4) is 0 Å². The van der Waals surface area contributed by atoms with E-state index in [2.05, 4.69) is 0 Å². The highest BCUT2D eigenvalue weighted by atomic mass is 16.3. The van der Waals surface area contributed by atoms with E-state index < -0.39 is 0 Å². The lowest BCUT2D eigenvalue weighted by molar-refractivity contribution is -0.108. The van der Waals surface area contributed by atoms with Gasteiger partial charge in [-0.25, -0.2) is 0 Å². The molecule has 0 aliphatic carbocycles. The minimum Gasteiger partial charge on any atom is -0.468 e. The number of likely N-dealkylation sites (N-methyl/N-ethyl adjacent to an activating group) is 1. The Balaban J connectivity index is 2.37. The lowest BCUT2D eigenvalue weighted by Gasteiger charge is -2.09. The molecule has 0 atom stereocenters. The first kappa shape index (κ1) is 8.01. The van der Waals surface area contributed by atoms with Crippen LogP contribution in [-0.2, 0) is 11.3 Å². The van der Waals surface area contributed by atoms with Gasteiger partial charge in [0.2, 0.25) is 0 Å². The summed E-state index contributed by atoms with van der Waals surface area (Å²) in [6.45, 7) is 1.13. The number of rotatable bonds is 4. The summed E-state index contributed by atoms with van der Waals surface area (Å²) in [4.78, 5) is 12.0. The lowest BCUT2D eigenvalue weighted by atomic mass is 10.4. The number of hydrogen-bond donors (Lipinski definition) is 0. The second-order valence-electron chi connectivity index (χ2n) is 2.44. The van der Waals surface area contributed by atoms with Crippen molar-refractivity contribution in [2.24, 2.45) is 0 Å². The lowest BCUT2D eigenvalue weighted by Crippen LogP contribution is -2.19. The molecule has 0 unspecified atom stereocenters. The van der Waals surface area contributed by atoms with Gasteiger partial charge in [-0.3, -0.25) is 4.90 Å². The van der Waals surface area contributed by atoms with Gasteiger partial charge in [-0.05, 0) is 19.2 Å². The first-order valence-corrected chi connectivity index (χ1v) is 3.47. The van der Waals surface area contributed by atoms with Crippen molar-refractivity contribution in [1.29, 1.82) is 0 Å². The number of furan rings is 1. The predicted octanol–water partition coefficient (Wildman–Crippen LogP) is 0.910. The molecule has 0 spiro atoms. The number of aldehydes is 1. The van der Waals surface area contributed by atoms with E-state index in [1.807, 2.05) is 24.1 Å². The van der Waals surface area contributed by atoms with Crippen LogP contribution >= 0.6 is 0 Å². The van der Waals surface area contributed by atoms with Crippen LogP contribution in [0, 0.1) is 0 Å². The summed E-state index contributed by atoms with van der Waals surface area (Å²) in [5.41, 5.74) is 0. The number of carbonyl (C=O) groups is 1. The van der Waals surface area contributed by atoms with Gasteiger partial charge in [0, 0.05) is 0 Å². The zero-order chi connectivity index (χ0) is 8.10. The summed E-state index contributed by atoms with van der Waals surface area (Å²) in [5, 5.41) is 0. The van der Waals surface area contributed by atoms with Crippen molar-refractivity contribution < 1.29 is 9.21 Å². The number of carbonyl (C=O) groups excluding carboxylic acids is 1. The molecule has 1 heterocycles. The van der Waals surface area contributed by atoms with Crippen LogP contribution in [0.2, 0.25) is 0 Å². The van der Waals surface area contributed by atoms with Gasteiger partial charge in [-0.1, -0.05) is 0 Å². The highest BCUT2D eigenvalue weighted by Crippen LogP contribution is 2.02. The van der Waals surface area contributed by atoms with Crippen molar-refractivity contribution in [2.75, 3.05) is 13.6 Å². The SMILES string of the molecule is CN(CC=O)Cc1ccco1. The van der Waals surface area contributed by atoms with Crippen LogP contribution in [0.1, 0.15) is 5.76 Å². The zero-order valence-electron chi connectivity index (χ0n) is 6.49. The van der Waals surface area contributed by atoms with Crippen LogP contribution < -0.4 is 0 Å². The predicted molar refractivity (Wildman–Crippen MR) is 41.1 cm³/mol. The fourth-order valence-corrected chi connectivity index (χ4v) is 0.860. The molecule has 0 saturated heterocycles. The summed E-state index contributed by atoms with van der Waals surface area (Å²) < 4.78 is 5.09. The second-order valence-corrected chi connectivity index (χ2v) is 2.44. The zero-order valence-corrected chi connectivity index (χ0v) is 6.49. The number of hydrogen-bond acceptors (Lipinski definition) is 3. The van der Waals surface area contributed by atoms with Crippen LogP contribution in [0.5, 0.6) is 0 Å². The smallest absolute Gasteiger partial charge is 0.133 e. The van der Waals surface area contributed by atoms with Crippen LogP contribution in [0.3, 0.4) is 0 Å². The maximum atomic E-state index is 10.1. The summed E-state index contributed by atoms with van der Waals surface area (Å²) in [6, 6.07) is 3.73. The molecule has 0 radical (unpaired) electrons. The van der Waals surface area contributed by atoms with Gasteiger partial charge in [0.1, 0.15) is 12.0 Å². The fraction of sp³-hybridized carbons (Fsp3) is 0.375. The standard InChI is InChI=1S/C8H11NO2/c1-9(4-5-10)7-8-3-2-6-11-8/h2-3,5-6H,4,7H2,1H3. The van der Waals surface area contributed by atoms with Crippen molar-refractivity contribution in [1.82, 2.24) is 4.90 Å². The minimum atomic E-state index is 0.445. The highest BCUT2D eigenvalue weighted by molar-refractivity contribution is 5.51. The van der Waals surface area contributed by atoms with E-state index in [4.69, 9.17) is 4.42 Å². The van der Waals surface area contributed by atoms with Gasteiger partial charge in [0.05, 0.1) is 19.4 Å². The van der Waals surface area contributed by atoms with E-state index in [1.54, 1.807) is 6.26 Å².